The average Bonchev–Trinajstić information content (AvgIpc) is 2.19. The van der Waals surface area contributed by atoms with E-state index >= 15 is 0 Å². The first-order valence-electron chi connectivity index (χ1n) is 3.83. The standard InChI is InChI=1S/C8H3ClIN3O2/c9-7-4-1-11-2-5(10)8(4)12-3-6(7)13(14)15/h1-3H. The van der Waals surface area contributed by atoms with Gasteiger partial charge in [0, 0.05) is 17.8 Å². The lowest BCUT2D eigenvalue weighted by Crippen LogP contribution is -1.93. The molecule has 0 fully saturated rings. The molecule has 0 aliphatic heterocycles. The number of pyridine rings is 2. The molecule has 2 aromatic rings. The topological polar surface area (TPSA) is 68.9 Å². The molecule has 2 rings (SSSR count). The summed E-state index contributed by atoms with van der Waals surface area (Å²) in [6.45, 7) is 0. The molecule has 76 valence electrons. The van der Waals surface area contributed by atoms with E-state index in [2.05, 4.69) is 32.6 Å². The number of nitro groups is 1. The van der Waals surface area contributed by atoms with E-state index in [-0.39, 0.29) is 10.7 Å². The number of rotatable bonds is 1. The van der Waals surface area contributed by atoms with Crippen molar-refractivity contribution in [2.75, 3.05) is 0 Å². The Balaban J connectivity index is 2.86. The third-order valence-corrected chi connectivity index (χ3v) is 3.03. The SMILES string of the molecule is O=[N+]([O-])c1cnc2c(I)cncc2c1Cl. The highest BCUT2D eigenvalue weighted by atomic mass is 127. The van der Waals surface area contributed by atoms with Crippen LogP contribution in [0.1, 0.15) is 0 Å². The van der Waals surface area contributed by atoms with Crippen molar-refractivity contribution in [2.24, 2.45) is 0 Å². The fourth-order valence-electron chi connectivity index (χ4n) is 1.17. The monoisotopic (exact) mass is 335 g/mol. The van der Waals surface area contributed by atoms with E-state index < -0.39 is 4.92 Å². The van der Waals surface area contributed by atoms with Gasteiger partial charge >= 0.3 is 5.69 Å². The largest absolute Gasteiger partial charge is 0.306 e. The Morgan fingerprint density at radius 3 is 2.80 bits per heavy atom. The minimum absolute atomic E-state index is 0.0796. The zero-order valence-electron chi connectivity index (χ0n) is 7.15. The molecule has 0 saturated heterocycles. The van der Waals surface area contributed by atoms with Crippen LogP contribution in [0.5, 0.6) is 0 Å². The molecule has 0 atom stereocenters. The van der Waals surface area contributed by atoms with Crippen molar-refractivity contribution in [3.63, 3.8) is 0 Å². The first-order chi connectivity index (χ1) is 7.11. The third kappa shape index (κ3) is 1.74. The molecule has 0 unspecified atom stereocenters. The Labute approximate surface area is 103 Å². The quantitative estimate of drug-likeness (QED) is 0.456. The first-order valence-corrected chi connectivity index (χ1v) is 5.29. The van der Waals surface area contributed by atoms with Crippen LogP contribution in [-0.4, -0.2) is 14.9 Å². The first kappa shape index (κ1) is 10.5. The number of hydrogen-bond donors (Lipinski definition) is 0. The second-order valence-electron chi connectivity index (χ2n) is 2.73. The minimum atomic E-state index is -0.561. The molecule has 0 N–H and O–H groups in total. The van der Waals surface area contributed by atoms with Gasteiger partial charge in [-0.25, -0.2) is 4.98 Å². The summed E-state index contributed by atoms with van der Waals surface area (Å²) in [7, 11) is 0. The summed E-state index contributed by atoms with van der Waals surface area (Å²) < 4.78 is 0.807. The number of aromatic nitrogens is 2. The van der Waals surface area contributed by atoms with Crippen molar-refractivity contribution >= 4 is 50.8 Å². The lowest BCUT2D eigenvalue weighted by molar-refractivity contribution is -0.384. The molecule has 0 aliphatic carbocycles. The second kappa shape index (κ2) is 3.86. The summed E-state index contributed by atoms with van der Waals surface area (Å²) in [5.41, 5.74) is 0.425. The Morgan fingerprint density at radius 2 is 2.13 bits per heavy atom. The van der Waals surface area contributed by atoms with Crippen molar-refractivity contribution in [2.45, 2.75) is 0 Å². The number of hydrogen-bond acceptors (Lipinski definition) is 4. The fraction of sp³-hybridized carbons (Fsp3) is 0. The van der Waals surface area contributed by atoms with Crippen LogP contribution in [0.15, 0.2) is 18.6 Å². The van der Waals surface area contributed by atoms with Gasteiger partial charge in [0.2, 0.25) is 0 Å². The van der Waals surface area contributed by atoms with E-state index in [0.717, 1.165) is 9.77 Å². The lowest BCUT2D eigenvalue weighted by atomic mass is 10.2. The lowest BCUT2D eigenvalue weighted by Gasteiger charge is -2.01. The van der Waals surface area contributed by atoms with Crippen molar-refractivity contribution in [3.8, 4) is 0 Å². The predicted octanol–water partition coefficient (Wildman–Crippen LogP) is 2.80. The van der Waals surface area contributed by atoms with Crippen molar-refractivity contribution in [1.29, 1.82) is 0 Å². The molecular formula is C8H3ClIN3O2. The zero-order valence-corrected chi connectivity index (χ0v) is 10.1. The number of nitrogens with zero attached hydrogens (tertiary/aromatic N) is 3. The van der Waals surface area contributed by atoms with Gasteiger partial charge in [0.1, 0.15) is 11.2 Å². The minimum Gasteiger partial charge on any atom is -0.263 e. The smallest absolute Gasteiger partial charge is 0.263 e. The molecule has 2 aromatic heterocycles. The molecule has 5 nitrogen and oxygen atoms in total. The van der Waals surface area contributed by atoms with Crippen LogP contribution in [0.25, 0.3) is 10.9 Å². The Hall–Kier alpha value is -1.02. The van der Waals surface area contributed by atoms with E-state index in [1.807, 2.05) is 0 Å². The summed E-state index contributed by atoms with van der Waals surface area (Å²) >= 11 is 7.93. The van der Waals surface area contributed by atoms with E-state index in [1.54, 1.807) is 6.20 Å². The molecule has 0 bridgehead atoms. The summed E-state index contributed by atoms with van der Waals surface area (Å²) in [4.78, 5) is 18.0. The van der Waals surface area contributed by atoms with E-state index in [0.29, 0.717) is 10.9 Å². The van der Waals surface area contributed by atoms with Crippen LogP contribution in [0.3, 0.4) is 0 Å². The van der Waals surface area contributed by atoms with Gasteiger partial charge in [-0.15, -0.1) is 0 Å². The maximum Gasteiger partial charge on any atom is 0.306 e. The maximum atomic E-state index is 10.6. The van der Waals surface area contributed by atoms with Crippen LogP contribution in [0.4, 0.5) is 5.69 Å². The Morgan fingerprint density at radius 1 is 1.40 bits per heavy atom. The highest BCUT2D eigenvalue weighted by Gasteiger charge is 2.17. The van der Waals surface area contributed by atoms with Gasteiger partial charge in [0.15, 0.2) is 0 Å². The van der Waals surface area contributed by atoms with Crippen LogP contribution < -0.4 is 0 Å². The van der Waals surface area contributed by atoms with Crippen LogP contribution in [-0.2, 0) is 0 Å². The molecule has 2 heterocycles. The molecule has 0 spiro atoms. The van der Waals surface area contributed by atoms with Crippen LogP contribution in [0, 0.1) is 13.7 Å². The molecule has 0 saturated carbocycles. The van der Waals surface area contributed by atoms with Crippen LogP contribution >= 0.6 is 34.2 Å². The van der Waals surface area contributed by atoms with E-state index in [4.69, 9.17) is 11.6 Å². The van der Waals surface area contributed by atoms with Gasteiger partial charge < -0.3 is 0 Å². The Kier molecular flexibility index (Phi) is 2.70. The van der Waals surface area contributed by atoms with Gasteiger partial charge in [-0.1, -0.05) is 11.6 Å². The van der Waals surface area contributed by atoms with Gasteiger partial charge in [0.25, 0.3) is 0 Å². The second-order valence-corrected chi connectivity index (χ2v) is 4.27. The van der Waals surface area contributed by atoms with Crippen molar-refractivity contribution < 1.29 is 4.92 Å². The molecule has 15 heavy (non-hydrogen) atoms. The molecule has 0 radical (unpaired) electrons. The Bertz CT molecular complexity index is 561. The molecular weight excluding hydrogens is 332 g/mol. The highest BCUT2D eigenvalue weighted by molar-refractivity contribution is 14.1. The van der Waals surface area contributed by atoms with Crippen molar-refractivity contribution in [3.05, 3.63) is 37.3 Å². The number of fused-ring (bicyclic) bond motifs is 1. The molecule has 7 heteroatoms. The normalized spacial score (nSPS) is 10.5. The fourth-order valence-corrected chi connectivity index (χ4v) is 2.01. The average molecular weight is 335 g/mol. The van der Waals surface area contributed by atoms with Gasteiger partial charge in [-0.3, -0.25) is 15.1 Å². The molecule has 0 aliphatic rings. The predicted molar refractivity (Wildman–Crippen MR) is 63.9 cm³/mol. The van der Waals surface area contributed by atoms with E-state index in [9.17, 15) is 10.1 Å². The summed E-state index contributed by atoms with van der Waals surface area (Å²) in [6, 6.07) is 0. The van der Waals surface area contributed by atoms with Crippen molar-refractivity contribution in [1.82, 2.24) is 9.97 Å². The van der Waals surface area contributed by atoms with Gasteiger partial charge in [-0.05, 0) is 22.6 Å². The summed E-state index contributed by atoms with van der Waals surface area (Å²) in [5, 5.41) is 11.2. The van der Waals surface area contributed by atoms with E-state index in [1.165, 1.54) is 6.20 Å². The maximum absolute atomic E-state index is 10.6. The molecule has 0 aromatic carbocycles. The van der Waals surface area contributed by atoms with Gasteiger partial charge in [0.05, 0.1) is 14.0 Å². The van der Waals surface area contributed by atoms with Gasteiger partial charge in [-0.2, -0.15) is 0 Å². The summed E-state index contributed by atoms with van der Waals surface area (Å²) in [5.74, 6) is 0. The number of halogens is 2. The molecule has 0 amide bonds. The zero-order chi connectivity index (χ0) is 11.0. The highest BCUT2D eigenvalue weighted by Crippen LogP contribution is 2.31. The summed E-state index contributed by atoms with van der Waals surface area (Å²) in [6.07, 6.45) is 4.25. The van der Waals surface area contributed by atoms with Crippen LogP contribution in [0.2, 0.25) is 5.02 Å². The third-order valence-electron chi connectivity index (χ3n) is 1.85.